The van der Waals surface area contributed by atoms with Crippen LogP contribution in [0.25, 0.3) is 0 Å². The average molecular weight is 294 g/mol. The van der Waals surface area contributed by atoms with Gasteiger partial charge in [-0.15, -0.1) is 0 Å². The van der Waals surface area contributed by atoms with Crippen LogP contribution in [0.5, 0.6) is 0 Å². The molecule has 2 heterocycles. The van der Waals surface area contributed by atoms with Crippen molar-refractivity contribution < 1.29 is 4.79 Å². The Balaban J connectivity index is 1.49. The molecule has 2 aliphatic rings. The summed E-state index contributed by atoms with van der Waals surface area (Å²) in [6.45, 7) is 5.89. The Labute approximate surface area is 124 Å². The number of carbonyl (C=O) groups excluding carboxylic acids is 1. The van der Waals surface area contributed by atoms with Gasteiger partial charge in [0.05, 0.1) is 6.42 Å². The van der Waals surface area contributed by atoms with E-state index >= 15 is 0 Å². The molecule has 0 bridgehead atoms. The molecule has 0 atom stereocenters. The van der Waals surface area contributed by atoms with Crippen molar-refractivity contribution in [2.75, 3.05) is 39.3 Å². The highest BCUT2D eigenvalue weighted by molar-refractivity contribution is 6.30. The molecule has 4 nitrogen and oxygen atoms in total. The lowest BCUT2D eigenvalue weighted by Gasteiger charge is -2.43. The van der Waals surface area contributed by atoms with E-state index in [2.05, 4.69) is 10.2 Å². The third kappa shape index (κ3) is 3.14. The maximum absolute atomic E-state index is 12.3. The van der Waals surface area contributed by atoms with Gasteiger partial charge in [0.15, 0.2) is 0 Å². The van der Waals surface area contributed by atoms with Crippen LogP contribution >= 0.6 is 11.6 Å². The molecule has 0 aromatic heterocycles. The van der Waals surface area contributed by atoms with Gasteiger partial charge in [0.25, 0.3) is 0 Å². The predicted octanol–water partition coefficient (Wildman–Crippen LogP) is 0.998. The molecule has 0 unspecified atom stereocenters. The normalized spacial score (nSPS) is 20.8. The summed E-state index contributed by atoms with van der Waals surface area (Å²) in [7, 11) is 0. The Bertz CT molecular complexity index is 465. The van der Waals surface area contributed by atoms with Crippen LogP contribution in [-0.2, 0) is 11.2 Å². The molecule has 1 amide bonds. The van der Waals surface area contributed by atoms with Gasteiger partial charge in [-0.25, -0.2) is 0 Å². The molecule has 2 aliphatic heterocycles. The maximum atomic E-state index is 12.3. The van der Waals surface area contributed by atoms with E-state index in [1.54, 1.807) is 0 Å². The number of piperazine rings is 1. The SMILES string of the molecule is O=C(Cc1ccc(Cl)cc1)N1CCN(C2CNC2)CC1. The minimum atomic E-state index is 0.221. The Morgan fingerprint density at radius 3 is 2.35 bits per heavy atom. The fraction of sp³-hybridized carbons (Fsp3) is 0.533. The van der Waals surface area contributed by atoms with Crippen LogP contribution in [-0.4, -0.2) is 61.0 Å². The molecule has 5 heteroatoms. The largest absolute Gasteiger partial charge is 0.340 e. The highest BCUT2D eigenvalue weighted by atomic mass is 35.5. The van der Waals surface area contributed by atoms with Gasteiger partial charge in [-0.1, -0.05) is 23.7 Å². The van der Waals surface area contributed by atoms with E-state index in [1.807, 2.05) is 29.2 Å². The zero-order valence-electron chi connectivity index (χ0n) is 11.5. The van der Waals surface area contributed by atoms with Gasteiger partial charge in [-0.05, 0) is 17.7 Å². The van der Waals surface area contributed by atoms with Gasteiger partial charge < -0.3 is 10.2 Å². The monoisotopic (exact) mass is 293 g/mol. The number of nitrogens with zero attached hydrogens (tertiary/aromatic N) is 2. The number of carbonyl (C=O) groups is 1. The van der Waals surface area contributed by atoms with Crippen LogP contribution in [0.3, 0.4) is 0 Å². The Hall–Kier alpha value is -1.10. The summed E-state index contributed by atoms with van der Waals surface area (Å²) in [6, 6.07) is 8.22. The van der Waals surface area contributed by atoms with E-state index in [9.17, 15) is 4.79 Å². The van der Waals surface area contributed by atoms with E-state index in [0.717, 1.165) is 44.8 Å². The fourth-order valence-corrected chi connectivity index (χ4v) is 2.88. The van der Waals surface area contributed by atoms with Gasteiger partial charge >= 0.3 is 0 Å². The summed E-state index contributed by atoms with van der Waals surface area (Å²) in [5.74, 6) is 0.221. The first-order valence-electron chi connectivity index (χ1n) is 7.19. The van der Waals surface area contributed by atoms with Gasteiger partial charge in [0.2, 0.25) is 5.91 Å². The zero-order valence-corrected chi connectivity index (χ0v) is 12.3. The van der Waals surface area contributed by atoms with Crippen molar-refractivity contribution in [1.82, 2.24) is 15.1 Å². The number of hydrogen-bond donors (Lipinski definition) is 1. The Morgan fingerprint density at radius 2 is 1.80 bits per heavy atom. The van der Waals surface area contributed by atoms with E-state index in [0.29, 0.717) is 17.5 Å². The summed E-state index contributed by atoms with van der Waals surface area (Å²) in [4.78, 5) is 16.7. The molecular weight excluding hydrogens is 274 g/mol. The number of benzene rings is 1. The van der Waals surface area contributed by atoms with E-state index in [-0.39, 0.29) is 5.91 Å². The topological polar surface area (TPSA) is 35.6 Å². The number of hydrogen-bond acceptors (Lipinski definition) is 3. The third-order valence-electron chi connectivity index (χ3n) is 4.21. The number of halogens is 1. The first-order valence-corrected chi connectivity index (χ1v) is 7.57. The second-order valence-electron chi connectivity index (χ2n) is 5.53. The first-order chi connectivity index (χ1) is 9.72. The molecule has 1 aromatic rings. The quantitative estimate of drug-likeness (QED) is 0.903. The minimum absolute atomic E-state index is 0.221. The molecule has 0 spiro atoms. The van der Waals surface area contributed by atoms with Crippen LogP contribution in [0.4, 0.5) is 0 Å². The molecule has 20 heavy (non-hydrogen) atoms. The first kappa shape index (κ1) is 13.9. The van der Waals surface area contributed by atoms with Crippen molar-refractivity contribution in [1.29, 1.82) is 0 Å². The smallest absolute Gasteiger partial charge is 0.227 e. The van der Waals surface area contributed by atoms with Crippen molar-refractivity contribution in [2.45, 2.75) is 12.5 Å². The van der Waals surface area contributed by atoms with Crippen molar-refractivity contribution >= 4 is 17.5 Å². The van der Waals surface area contributed by atoms with Crippen LogP contribution in [0.15, 0.2) is 24.3 Å². The lowest BCUT2D eigenvalue weighted by molar-refractivity contribution is -0.132. The standard InChI is InChI=1S/C15H20ClN3O/c16-13-3-1-12(2-4-13)9-15(20)19-7-5-18(6-8-19)14-10-17-11-14/h1-4,14,17H,5-11H2. The second-order valence-corrected chi connectivity index (χ2v) is 5.97. The lowest BCUT2D eigenvalue weighted by atomic mass is 10.1. The molecule has 0 saturated carbocycles. The zero-order chi connectivity index (χ0) is 13.9. The van der Waals surface area contributed by atoms with E-state index in [4.69, 9.17) is 11.6 Å². The third-order valence-corrected chi connectivity index (χ3v) is 4.46. The van der Waals surface area contributed by atoms with Crippen LogP contribution in [0, 0.1) is 0 Å². The molecule has 1 aromatic carbocycles. The van der Waals surface area contributed by atoms with Crippen molar-refractivity contribution in [3.8, 4) is 0 Å². The van der Waals surface area contributed by atoms with Gasteiger partial charge in [-0.2, -0.15) is 0 Å². The van der Waals surface area contributed by atoms with Crippen molar-refractivity contribution in [3.63, 3.8) is 0 Å². The summed E-state index contributed by atoms with van der Waals surface area (Å²) >= 11 is 5.86. The van der Waals surface area contributed by atoms with Crippen LogP contribution in [0.2, 0.25) is 5.02 Å². The van der Waals surface area contributed by atoms with Crippen molar-refractivity contribution in [3.05, 3.63) is 34.9 Å². The highest BCUT2D eigenvalue weighted by Gasteiger charge is 2.28. The van der Waals surface area contributed by atoms with Crippen LogP contribution < -0.4 is 5.32 Å². The molecule has 2 saturated heterocycles. The molecule has 0 radical (unpaired) electrons. The van der Waals surface area contributed by atoms with E-state index < -0.39 is 0 Å². The Kier molecular flexibility index (Phi) is 4.24. The summed E-state index contributed by atoms with van der Waals surface area (Å²) < 4.78 is 0. The molecule has 1 N–H and O–H groups in total. The molecule has 3 rings (SSSR count). The Morgan fingerprint density at radius 1 is 1.15 bits per heavy atom. The van der Waals surface area contributed by atoms with Gasteiger partial charge in [-0.3, -0.25) is 9.69 Å². The van der Waals surface area contributed by atoms with Gasteiger partial charge in [0, 0.05) is 50.3 Å². The average Bonchev–Trinajstić information content (AvgIpc) is 2.40. The maximum Gasteiger partial charge on any atom is 0.227 e. The number of rotatable bonds is 3. The number of amides is 1. The summed E-state index contributed by atoms with van der Waals surface area (Å²) in [6.07, 6.45) is 0.474. The minimum Gasteiger partial charge on any atom is -0.340 e. The second kappa shape index (κ2) is 6.12. The summed E-state index contributed by atoms with van der Waals surface area (Å²) in [5.41, 5.74) is 1.03. The summed E-state index contributed by atoms with van der Waals surface area (Å²) in [5, 5.41) is 4.01. The predicted molar refractivity (Wildman–Crippen MR) is 80.0 cm³/mol. The van der Waals surface area contributed by atoms with Crippen LogP contribution in [0.1, 0.15) is 5.56 Å². The molecule has 0 aliphatic carbocycles. The fourth-order valence-electron chi connectivity index (χ4n) is 2.76. The molecule has 2 fully saturated rings. The lowest BCUT2D eigenvalue weighted by Crippen LogP contribution is -2.62. The highest BCUT2D eigenvalue weighted by Crippen LogP contribution is 2.13. The molecular formula is C15H20ClN3O. The van der Waals surface area contributed by atoms with Gasteiger partial charge in [0.1, 0.15) is 0 Å². The molecule has 108 valence electrons. The van der Waals surface area contributed by atoms with E-state index in [1.165, 1.54) is 0 Å². The number of nitrogens with one attached hydrogen (secondary N) is 1. The van der Waals surface area contributed by atoms with Crippen molar-refractivity contribution in [2.24, 2.45) is 0 Å².